The standard InChI is InChI=1S/C30H34Cl3N3O4S/c1-4-6-16-34-30(38)28(5-2)35(19-22-13-14-23(31)17-27(22)33)29(37)20-36(24-15-12-21(3)26(32)18-24)41(39,40)25-10-8-7-9-11-25/h7-15,17-18,28H,4-6,16,19-20H2,1-3H3,(H,34,38). The van der Waals surface area contributed by atoms with Crippen LogP contribution in [0.15, 0.2) is 71.6 Å². The van der Waals surface area contributed by atoms with Gasteiger partial charge in [-0.25, -0.2) is 8.42 Å². The molecule has 0 aliphatic heterocycles. The first-order valence-corrected chi connectivity index (χ1v) is 15.9. The summed E-state index contributed by atoms with van der Waals surface area (Å²) in [6.45, 7) is 5.48. The number of rotatable bonds is 13. The van der Waals surface area contributed by atoms with Crippen LogP contribution in [0, 0.1) is 6.92 Å². The van der Waals surface area contributed by atoms with Gasteiger partial charge in [-0.3, -0.25) is 13.9 Å². The van der Waals surface area contributed by atoms with Crippen LogP contribution in [-0.2, 0) is 26.2 Å². The lowest BCUT2D eigenvalue weighted by atomic mass is 10.1. The summed E-state index contributed by atoms with van der Waals surface area (Å²) in [4.78, 5) is 28.8. The van der Waals surface area contributed by atoms with Gasteiger partial charge in [-0.1, -0.05) is 85.4 Å². The molecular weight excluding hydrogens is 605 g/mol. The number of unbranched alkanes of at least 4 members (excludes halogenated alkanes) is 1. The van der Waals surface area contributed by atoms with Gasteiger partial charge in [-0.15, -0.1) is 0 Å². The molecule has 11 heteroatoms. The molecule has 0 spiro atoms. The summed E-state index contributed by atoms with van der Waals surface area (Å²) in [6, 6.07) is 16.7. The molecule has 1 N–H and O–H groups in total. The predicted molar refractivity (Wildman–Crippen MR) is 166 cm³/mol. The van der Waals surface area contributed by atoms with E-state index in [1.54, 1.807) is 62.4 Å². The van der Waals surface area contributed by atoms with Crippen molar-refractivity contribution in [2.24, 2.45) is 0 Å². The zero-order valence-electron chi connectivity index (χ0n) is 23.2. The van der Waals surface area contributed by atoms with Crippen molar-refractivity contribution in [1.82, 2.24) is 10.2 Å². The number of hydrogen-bond acceptors (Lipinski definition) is 4. The van der Waals surface area contributed by atoms with Gasteiger partial charge in [0.2, 0.25) is 11.8 Å². The third kappa shape index (κ3) is 8.38. The smallest absolute Gasteiger partial charge is 0.264 e. The minimum Gasteiger partial charge on any atom is -0.354 e. The molecule has 0 bridgehead atoms. The Kier molecular flexibility index (Phi) is 11.9. The van der Waals surface area contributed by atoms with Gasteiger partial charge in [0, 0.05) is 28.2 Å². The Morgan fingerprint density at radius 1 is 0.927 bits per heavy atom. The van der Waals surface area contributed by atoms with E-state index in [1.165, 1.54) is 23.1 Å². The van der Waals surface area contributed by atoms with Gasteiger partial charge in [-0.2, -0.15) is 0 Å². The minimum absolute atomic E-state index is 0.0149. The molecule has 3 rings (SSSR count). The third-order valence-electron chi connectivity index (χ3n) is 6.62. The number of nitrogens with zero attached hydrogens (tertiary/aromatic N) is 2. The summed E-state index contributed by atoms with van der Waals surface area (Å²) in [7, 11) is -4.19. The van der Waals surface area contributed by atoms with Crippen molar-refractivity contribution in [3.8, 4) is 0 Å². The first kappa shape index (κ1) is 32.7. The van der Waals surface area contributed by atoms with Crippen molar-refractivity contribution in [3.63, 3.8) is 0 Å². The van der Waals surface area contributed by atoms with Gasteiger partial charge in [0.15, 0.2) is 0 Å². The highest BCUT2D eigenvalue weighted by Crippen LogP contribution is 2.29. The molecule has 0 aliphatic carbocycles. The highest BCUT2D eigenvalue weighted by Gasteiger charge is 2.34. The largest absolute Gasteiger partial charge is 0.354 e. The van der Waals surface area contributed by atoms with E-state index in [4.69, 9.17) is 34.8 Å². The maximum Gasteiger partial charge on any atom is 0.264 e. The predicted octanol–water partition coefficient (Wildman–Crippen LogP) is 6.87. The minimum atomic E-state index is -4.19. The first-order valence-electron chi connectivity index (χ1n) is 13.3. The molecule has 0 radical (unpaired) electrons. The summed E-state index contributed by atoms with van der Waals surface area (Å²) in [5.41, 5.74) is 1.55. The molecule has 1 atom stereocenters. The Bertz CT molecular complexity index is 1470. The maximum absolute atomic E-state index is 14.1. The number of sulfonamides is 1. The molecule has 0 aromatic heterocycles. The average molecular weight is 639 g/mol. The summed E-state index contributed by atoms with van der Waals surface area (Å²) in [6.07, 6.45) is 1.98. The topological polar surface area (TPSA) is 86.8 Å². The molecular formula is C30H34Cl3N3O4S. The number of carbonyl (C=O) groups is 2. The third-order valence-corrected chi connectivity index (χ3v) is 9.41. The normalized spacial score (nSPS) is 12.0. The molecule has 0 fully saturated rings. The van der Waals surface area contributed by atoms with Gasteiger partial charge in [0.05, 0.1) is 10.6 Å². The Morgan fingerprint density at radius 3 is 2.24 bits per heavy atom. The fourth-order valence-electron chi connectivity index (χ4n) is 4.24. The molecule has 7 nitrogen and oxygen atoms in total. The van der Waals surface area contributed by atoms with Gasteiger partial charge < -0.3 is 10.2 Å². The van der Waals surface area contributed by atoms with Crippen LogP contribution in [0.25, 0.3) is 0 Å². The second kappa shape index (κ2) is 14.9. The van der Waals surface area contributed by atoms with E-state index in [0.29, 0.717) is 33.6 Å². The second-order valence-electron chi connectivity index (χ2n) is 9.58. The second-order valence-corrected chi connectivity index (χ2v) is 12.7. The van der Waals surface area contributed by atoms with Gasteiger partial charge >= 0.3 is 0 Å². The van der Waals surface area contributed by atoms with E-state index in [1.807, 2.05) is 6.92 Å². The number of aryl methyl sites for hydroxylation is 1. The molecule has 3 aromatic rings. The Morgan fingerprint density at radius 2 is 1.63 bits per heavy atom. The summed E-state index contributed by atoms with van der Waals surface area (Å²) in [5, 5.41) is 4.01. The quantitative estimate of drug-likeness (QED) is 0.207. The van der Waals surface area contributed by atoms with Crippen LogP contribution < -0.4 is 9.62 Å². The molecule has 2 amide bonds. The Labute approximate surface area is 257 Å². The molecule has 0 heterocycles. The number of amides is 2. The Balaban J connectivity index is 2.07. The first-order chi connectivity index (χ1) is 19.5. The van der Waals surface area contributed by atoms with Crippen LogP contribution in [0.1, 0.15) is 44.2 Å². The maximum atomic E-state index is 14.1. The van der Waals surface area contributed by atoms with Crippen molar-refractivity contribution in [3.05, 3.63) is 92.9 Å². The van der Waals surface area contributed by atoms with E-state index in [0.717, 1.165) is 22.7 Å². The SMILES string of the molecule is CCCCNC(=O)C(CC)N(Cc1ccc(Cl)cc1Cl)C(=O)CN(c1ccc(C)c(Cl)c1)S(=O)(=O)c1ccccc1. The molecule has 0 saturated heterocycles. The van der Waals surface area contributed by atoms with E-state index >= 15 is 0 Å². The lowest BCUT2D eigenvalue weighted by Gasteiger charge is -2.33. The summed E-state index contributed by atoms with van der Waals surface area (Å²) in [5.74, 6) is -0.903. The average Bonchev–Trinajstić information content (AvgIpc) is 2.94. The van der Waals surface area contributed by atoms with Crippen molar-refractivity contribution in [2.45, 2.75) is 57.5 Å². The molecule has 220 valence electrons. The van der Waals surface area contributed by atoms with Gasteiger partial charge in [0.1, 0.15) is 12.6 Å². The van der Waals surface area contributed by atoms with Crippen molar-refractivity contribution in [2.75, 3.05) is 17.4 Å². The van der Waals surface area contributed by atoms with Crippen molar-refractivity contribution >= 4 is 62.3 Å². The molecule has 0 saturated carbocycles. The van der Waals surface area contributed by atoms with Crippen LogP contribution >= 0.6 is 34.8 Å². The zero-order valence-corrected chi connectivity index (χ0v) is 26.3. The van der Waals surface area contributed by atoms with Crippen LogP contribution in [-0.4, -0.2) is 44.3 Å². The monoisotopic (exact) mass is 637 g/mol. The van der Waals surface area contributed by atoms with Crippen molar-refractivity contribution in [1.29, 1.82) is 0 Å². The van der Waals surface area contributed by atoms with Crippen molar-refractivity contribution < 1.29 is 18.0 Å². The van der Waals surface area contributed by atoms with Crippen LogP contribution in [0.2, 0.25) is 15.1 Å². The van der Waals surface area contributed by atoms with Gasteiger partial charge in [0.25, 0.3) is 10.0 Å². The fourth-order valence-corrected chi connectivity index (χ4v) is 6.31. The summed E-state index contributed by atoms with van der Waals surface area (Å²) < 4.78 is 28.8. The van der Waals surface area contributed by atoms with E-state index < -0.39 is 28.5 Å². The number of hydrogen-bond donors (Lipinski definition) is 1. The highest BCUT2D eigenvalue weighted by atomic mass is 35.5. The molecule has 41 heavy (non-hydrogen) atoms. The van der Waals surface area contributed by atoms with E-state index in [9.17, 15) is 18.0 Å². The van der Waals surface area contributed by atoms with Crippen LogP contribution in [0.5, 0.6) is 0 Å². The number of anilines is 1. The Hall–Kier alpha value is -2.78. The fraction of sp³-hybridized carbons (Fsp3) is 0.333. The van der Waals surface area contributed by atoms with Crippen LogP contribution in [0.3, 0.4) is 0 Å². The molecule has 1 unspecified atom stereocenters. The summed E-state index contributed by atoms with van der Waals surface area (Å²) >= 11 is 18.9. The lowest BCUT2D eigenvalue weighted by Crippen LogP contribution is -2.52. The van der Waals surface area contributed by atoms with E-state index in [-0.39, 0.29) is 23.0 Å². The lowest BCUT2D eigenvalue weighted by molar-refractivity contribution is -0.140. The highest BCUT2D eigenvalue weighted by molar-refractivity contribution is 7.92. The zero-order chi connectivity index (χ0) is 30.2. The number of carbonyl (C=O) groups excluding carboxylic acids is 2. The number of benzene rings is 3. The van der Waals surface area contributed by atoms with E-state index in [2.05, 4.69) is 5.32 Å². The molecule has 0 aliphatic rings. The van der Waals surface area contributed by atoms with Gasteiger partial charge in [-0.05, 0) is 67.3 Å². The molecule has 3 aromatic carbocycles. The number of nitrogens with one attached hydrogen (secondary N) is 1. The van der Waals surface area contributed by atoms with Crippen LogP contribution in [0.4, 0.5) is 5.69 Å². The number of halogens is 3.